The SMILES string of the molecule is Cc1nc2cnc(Cc3ccnc(C4CCOCC4)n3)cc2n1C(C)C. The number of imidazole rings is 1. The van der Waals surface area contributed by atoms with Crippen molar-refractivity contribution < 1.29 is 4.74 Å². The Morgan fingerprint density at radius 3 is 2.73 bits per heavy atom. The number of rotatable bonds is 4. The van der Waals surface area contributed by atoms with E-state index in [-0.39, 0.29) is 0 Å². The molecule has 6 heteroatoms. The maximum Gasteiger partial charge on any atom is 0.131 e. The zero-order valence-corrected chi connectivity index (χ0v) is 15.6. The van der Waals surface area contributed by atoms with Gasteiger partial charge in [0.05, 0.1) is 17.4 Å². The molecule has 3 aromatic rings. The molecule has 0 saturated carbocycles. The van der Waals surface area contributed by atoms with Gasteiger partial charge in [0.15, 0.2) is 0 Å². The van der Waals surface area contributed by atoms with Crippen molar-refractivity contribution >= 4 is 11.0 Å². The predicted molar refractivity (Wildman–Crippen MR) is 100 cm³/mol. The highest BCUT2D eigenvalue weighted by Gasteiger charge is 2.19. The maximum atomic E-state index is 5.45. The van der Waals surface area contributed by atoms with Crippen LogP contribution in [0.3, 0.4) is 0 Å². The van der Waals surface area contributed by atoms with E-state index >= 15 is 0 Å². The molecule has 0 spiro atoms. The van der Waals surface area contributed by atoms with E-state index in [9.17, 15) is 0 Å². The van der Waals surface area contributed by atoms with Gasteiger partial charge in [-0.2, -0.15) is 0 Å². The van der Waals surface area contributed by atoms with Gasteiger partial charge in [0.2, 0.25) is 0 Å². The van der Waals surface area contributed by atoms with Crippen LogP contribution in [0, 0.1) is 6.92 Å². The summed E-state index contributed by atoms with van der Waals surface area (Å²) in [5.41, 5.74) is 4.11. The highest BCUT2D eigenvalue weighted by molar-refractivity contribution is 5.75. The zero-order chi connectivity index (χ0) is 18.1. The van der Waals surface area contributed by atoms with E-state index in [0.29, 0.717) is 18.4 Å². The molecule has 1 fully saturated rings. The molecule has 4 heterocycles. The van der Waals surface area contributed by atoms with E-state index in [1.54, 1.807) is 0 Å². The second-order valence-electron chi connectivity index (χ2n) is 7.26. The second-order valence-corrected chi connectivity index (χ2v) is 7.26. The molecule has 3 aromatic heterocycles. The molecule has 0 radical (unpaired) electrons. The summed E-state index contributed by atoms with van der Waals surface area (Å²) in [5.74, 6) is 2.37. The van der Waals surface area contributed by atoms with E-state index in [1.807, 2.05) is 25.4 Å². The quantitative estimate of drug-likeness (QED) is 0.718. The third kappa shape index (κ3) is 3.33. The summed E-state index contributed by atoms with van der Waals surface area (Å²) in [6.45, 7) is 8.01. The average molecular weight is 351 g/mol. The molecule has 0 atom stereocenters. The van der Waals surface area contributed by atoms with Gasteiger partial charge in [-0.3, -0.25) is 4.98 Å². The number of hydrogen-bond donors (Lipinski definition) is 0. The molecule has 4 rings (SSSR count). The molecule has 1 aliphatic rings. The van der Waals surface area contributed by atoms with E-state index in [0.717, 1.165) is 60.1 Å². The van der Waals surface area contributed by atoms with Gasteiger partial charge in [-0.15, -0.1) is 0 Å². The van der Waals surface area contributed by atoms with Crippen LogP contribution in [0.4, 0.5) is 0 Å². The van der Waals surface area contributed by atoms with Crippen LogP contribution in [0.25, 0.3) is 11.0 Å². The van der Waals surface area contributed by atoms with E-state index < -0.39 is 0 Å². The van der Waals surface area contributed by atoms with Crippen molar-refractivity contribution in [3.63, 3.8) is 0 Å². The molecule has 0 N–H and O–H groups in total. The summed E-state index contributed by atoms with van der Waals surface area (Å²) >= 11 is 0. The lowest BCUT2D eigenvalue weighted by atomic mass is 9.99. The zero-order valence-electron chi connectivity index (χ0n) is 15.6. The van der Waals surface area contributed by atoms with Gasteiger partial charge in [-0.05, 0) is 45.7 Å². The monoisotopic (exact) mass is 351 g/mol. The van der Waals surface area contributed by atoms with Gasteiger partial charge in [-0.1, -0.05) is 0 Å². The van der Waals surface area contributed by atoms with Crippen LogP contribution < -0.4 is 0 Å². The molecule has 1 saturated heterocycles. The fraction of sp³-hybridized carbons (Fsp3) is 0.500. The first-order valence-electron chi connectivity index (χ1n) is 9.35. The lowest BCUT2D eigenvalue weighted by molar-refractivity contribution is 0.0835. The number of nitrogens with zero attached hydrogens (tertiary/aromatic N) is 5. The van der Waals surface area contributed by atoms with Crippen molar-refractivity contribution in [1.29, 1.82) is 0 Å². The number of aromatic nitrogens is 5. The number of aryl methyl sites for hydroxylation is 1. The Morgan fingerprint density at radius 1 is 1.15 bits per heavy atom. The summed E-state index contributed by atoms with van der Waals surface area (Å²) in [7, 11) is 0. The highest BCUT2D eigenvalue weighted by atomic mass is 16.5. The van der Waals surface area contributed by atoms with Gasteiger partial charge in [0.1, 0.15) is 17.2 Å². The van der Waals surface area contributed by atoms with Crippen LogP contribution in [-0.4, -0.2) is 37.7 Å². The predicted octanol–water partition coefficient (Wildman–Crippen LogP) is 3.60. The van der Waals surface area contributed by atoms with E-state index in [1.165, 1.54) is 0 Å². The molecule has 1 aliphatic heterocycles. The lowest BCUT2D eigenvalue weighted by Crippen LogP contribution is -2.16. The normalized spacial score (nSPS) is 15.8. The Hall–Kier alpha value is -2.34. The van der Waals surface area contributed by atoms with Gasteiger partial charge >= 0.3 is 0 Å². The first-order valence-corrected chi connectivity index (χ1v) is 9.35. The minimum atomic E-state index is 0.370. The van der Waals surface area contributed by atoms with Crippen molar-refractivity contribution in [2.75, 3.05) is 13.2 Å². The van der Waals surface area contributed by atoms with Crippen molar-refractivity contribution in [1.82, 2.24) is 24.5 Å². The van der Waals surface area contributed by atoms with Crippen molar-refractivity contribution in [3.05, 3.63) is 47.6 Å². The van der Waals surface area contributed by atoms with Crippen molar-refractivity contribution in [2.24, 2.45) is 0 Å². The Labute approximate surface area is 153 Å². The fourth-order valence-corrected chi connectivity index (χ4v) is 3.76. The molecule has 136 valence electrons. The Morgan fingerprint density at radius 2 is 1.96 bits per heavy atom. The number of fused-ring (bicyclic) bond motifs is 1. The fourth-order valence-electron chi connectivity index (χ4n) is 3.76. The molecule has 0 unspecified atom stereocenters. The molecule has 0 bridgehead atoms. The van der Waals surface area contributed by atoms with Crippen LogP contribution in [-0.2, 0) is 11.2 Å². The Balaban J connectivity index is 1.62. The number of ether oxygens (including phenoxy) is 1. The summed E-state index contributed by atoms with van der Waals surface area (Å²) in [6, 6.07) is 4.50. The molecule has 6 nitrogen and oxygen atoms in total. The standard InChI is InChI=1S/C20H25N5O/c1-13(2)25-14(3)23-18-12-22-17(11-19(18)25)10-16-4-7-21-20(24-16)15-5-8-26-9-6-15/h4,7,11-13,15H,5-6,8-10H2,1-3H3. The summed E-state index contributed by atoms with van der Waals surface area (Å²) in [5, 5.41) is 0. The first kappa shape index (κ1) is 17.1. The van der Waals surface area contributed by atoms with Gasteiger partial charge in [0.25, 0.3) is 0 Å². The van der Waals surface area contributed by atoms with Gasteiger partial charge < -0.3 is 9.30 Å². The molecule has 26 heavy (non-hydrogen) atoms. The highest BCUT2D eigenvalue weighted by Crippen LogP contribution is 2.25. The third-order valence-corrected chi connectivity index (χ3v) is 5.01. The molecule has 0 aliphatic carbocycles. The molecular weight excluding hydrogens is 326 g/mol. The van der Waals surface area contributed by atoms with Crippen LogP contribution in [0.15, 0.2) is 24.5 Å². The van der Waals surface area contributed by atoms with Gasteiger partial charge in [0, 0.05) is 43.5 Å². The van der Waals surface area contributed by atoms with Crippen molar-refractivity contribution in [3.8, 4) is 0 Å². The Kier molecular flexibility index (Phi) is 4.68. The number of pyridine rings is 1. The minimum absolute atomic E-state index is 0.370. The largest absolute Gasteiger partial charge is 0.381 e. The van der Waals surface area contributed by atoms with Crippen molar-refractivity contribution in [2.45, 2.75) is 52.0 Å². The Bertz CT molecular complexity index is 912. The third-order valence-electron chi connectivity index (χ3n) is 5.01. The van der Waals surface area contributed by atoms with Crippen LogP contribution >= 0.6 is 0 Å². The topological polar surface area (TPSA) is 65.7 Å². The minimum Gasteiger partial charge on any atom is -0.381 e. The summed E-state index contributed by atoms with van der Waals surface area (Å²) < 4.78 is 7.70. The van der Waals surface area contributed by atoms with Crippen LogP contribution in [0.5, 0.6) is 0 Å². The molecular formula is C20H25N5O. The van der Waals surface area contributed by atoms with E-state index in [2.05, 4.69) is 39.4 Å². The first-order chi connectivity index (χ1) is 12.6. The number of hydrogen-bond acceptors (Lipinski definition) is 5. The van der Waals surface area contributed by atoms with Gasteiger partial charge in [-0.25, -0.2) is 15.0 Å². The summed E-state index contributed by atoms with van der Waals surface area (Å²) in [6.07, 6.45) is 6.45. The smallest absolute Gasteiger partial charge is 0.131 e. The van der Waals surface area contributed by atoms with E-state index in [4.69, 9.17) is 9.72 Å². The van der Waals surface area contributed by atoms with Crippen LogP contribution in [0.2, 0.25) is 0 Å². The lowest BCUT2D eigenvalue weighted by Gasteiger charge is -2.20. The van der Waals surface area contributed by atoms with Crippen LogP contribution in [0.1, 0.15) is 61.7 Å². The molecule has 0 amide bonds. The average Bonchev–Trinajstić information content (AvgIpc) is 2.98. The molecule has 0 aromatic carbocycles. The summed E-state index contributed by atoms with van der Waals surface area (Å²) in [4.78, 5) is 18.5. The second kappa shape index (κ2) is 7.11. The maximum absolute atomic E-state index is 5.45.